The lowest BCUT2D eigenvalue weighted by Gasteiger charge is -2.33. The van der Waals surface area contributed by atoms with Gasteiger partial charge in [-0.05, 0) is 43.0 Å². The van der Waals surface area contributed by atoms with E-state index in [9.17, 15) is 9.59 Å². The molecule has 1 atom stereocenters. The minimum atomic E-state index is 0.00687. The fraction of sp³-hybridized carbons (Fsp3) is 0.579. The molecule has 1 N–H and O–H groups in total. The maximum Gasteiger partial charge on any atom is 0.236 e. The zero-order valence-corrected chi connectivity index (χ0v) is 15.5. The van der Waals surface area contributed by atoms with Gasteiger partial charge in [-0.2, -0.15) is 0 Å². The number of ether oxygens (including phenoxy) is 1. The number of hydrogen-bond acceptors (Lipinski definition) is 4. The van der Waals surface area contributed by atoms with Crippen molar-refractivity contribution in [2.24, 2.45) is 5.92 Å². The summed E-state index contributed by atoms with van der Waals surface area (Å²) in [6, 6.07) is 7.77. The summed E-state index contributed by atoms with van der Waals surface area (Å²) in [6.45, 7) is 5.07. The Morgan fingerprint density at radius 3 is 2.68 bits per heavy atom. The van der Waals surface area contributed by atoms with Gasteiger partial charge < -0.3 is 15.0 Å². The molecule has 0 aromatic heterocycles. The Kier molecular flexibility index (Phi) is 7.25. The second kappa shape index (κ2) is 9.42. The van der Waals surface area contributed by atoms with Gasteiger partial charge in [0.25, 0.3) is 0 Å². The summed E-state index contributed by atoms with van der Waals surface area (Å²) in [6.07, 6.45) is 2.17. The topological polar surface area (TPSA) is 61.9 Å². The van der Waals surface area contributed by atoms with Crippen LogP contribution < -0.4 is 10.1 Å². The fourth-order valence-corrected chi connectivity index (χ4v) is 3.15. The number of likely N-dealkylation sites (N-methyl/N-ethyl adjacent to an activating group) is 1. The molecule has 1 heterocycles. The molecule has 1 aromatic carbocycles. The minimum absolute atomic E-state index is 0.00687. The average molecular weight is 347 g/mol. The first-order chi connectivity index (χ1) is 12.0. The predicted molar refractivity (Wildman–Crippen MR) is 97.3 cm³/mol. The molecule has 0 spiro atoms. The molecule has 0 bridgehead atoms. The van der Waals surface area contributed by atoms with Gasteiger partial charge in [0.1, 0.15) is 5.75 Å². The van der Waals surface area contributed by atoms with E-state index in [0.29, 0.717) is 25.6 Å². The van der Waals surface area contributed by atoms with Crippen LogP contribution in [0.1, 0.15) is 25.3 Å². The van der Waals surface area contributed by atoms with Gasteiger partial charge in [-0.1, -0.05) is 12.1 Å². The largest absolute Gasteiger partial charge is 0.497 e. The van der Waals surface area contributed by atoms with Crippen LogP contribution >= 0.6 is 0 Å². The first-order valence-electron chi connectivity index (χ1n) is 8.81. The number of nitrogens with one attached hydrogen (secondary N) is 1. The van der Waals surface area contributed by atoms with E-state index in [1.165, 1.54) is 6.92 Å². The first-order valence-corrected chi connectivity index (χ1v) is 8.81. The molecule has 1 aliphatic rings. The first kappa shape index (κ1) is 19.2. The maximum atomic E-state index is 12.5. The summed E-state index contributed by atoms with van der Waals surface area (Å²) in [4.78, 5) is 27.5. The normalized spacial score (nSPS) is 17.8. The summed E-state index contributed by atoms with van der Waals surface area (Å²) in [7, 11) is 3.48. The number of rotatable bonds is 7. The monoisotopic (exact) mass is 347 g/mol. The number of nitrogens with zero attached hydrogens (tertiary/aromatic N) is 2. The number of piperidine rings is 1. The number of likely N-dealkylation sites (tertiary alicyclic amines) is 1. The van der Waals surface area contributed by atoms with Crippen molar-refractivity contribution in [2.75, 3.05) is 40.3 Å². The lowest BCUT2D eigenvalue weighted by Crippen LogP contribution is -2.45. The van der Waals surface area contributed by atoms with Crippen LogP contribution in [0, 0.1) is 5.92 Å². The number of amides is 2. The number of carbonyl (C=O) groups excluding carboxylic acids is 2. The van der Waals surface area contributed by atoms with Gasteiger partial charge in [-0.15, -0.1) is 0 Å². The Labute approximate surface area is 150 Å². The van der Waals surface area contributed by atoms with Crippen LogP contribution in [0.3, 0.4) is 0 Å². The highest BCUT2D eigenvalue weighted by molar-refractivity contribution is 5.78. The molecule has 25 heavy (non-hydrogen) atoms. The molecule has 0 saturated carbocycles. The van der Waals surface area contributed by atoms with Crippen LogP contribution in [0.5, 0.6) is 5.75 Å². The zero-order chi connectivity index (χ0) is 18.2. The van der Waals surface area contributed by atoms with Crippen molar-refractivity contribution in [3.63, 3.8) is 0 Å². The molecule has 1 fully saturated rings. The molecule has 6 heteroatoms. The molecule has 138 valence electrons. The van der Waals surface area contributed by atoms with E-state index in [4.69, 9.17) is 4.74 Å². The number of hydrogen-bond donors (Lipinski definition) is 1. The predicted octanol–water partition coefficient (Wildman–Crippen LogP) is 1.50. The van der Waals surface area contributed by atoms with Crippen molar-refractivity contribution < 1.29 is 14.3 Å². The van der Waals surface area contributed by atoms with Crippen LogP contribution in [0.25, 0.3) is 0 Å². The summed E-state index contributed by atoms with van der Waals surface area (Å²) in [5.74, 6) is 1.37. The van der Waals surface area contributed by atoms with Crippen LogP contribution in [-0.2, 0) is 16.1 Å². The summed E-state index contributed by atoms with van der Waals surface area (Å²) < 4.78 is 5.15. The van der Waals surface area contributed by atoms with E-state index >= 15 is 0 Å². The Morgan fingerprint density at radius 1 is 1.32 bits per heavy atom. The van der Waals surface area contributed by atoms with Gasteiger partial charge in [-0.3, -0.25) is 14.5 Å². The standard InChI is InChI=1S/C19H29N3O3/c1-15(23)20-11-17-5-4-10-22(13-17)14-19(24)21(2)12-16-6-8-18(25-3)9-7-16/h6-9,17H,4-5,10-14H2,1-3H3,(H,20,23). The van der Waals surface area contributed by atoms with Crippen molar-refractivity contribution in [3.8, 4) is 5.75 Å². The average Bonchev–Trinajstić information content (AvgIpc) is 2.61. The van der Waals surface area contributed by atoms with Crippen molar-refractivity contribution in [3.05, 3.63) is 29.8 Å². The summed E-state index contributed by atoms with van der Waals surface area (Å²) in [5.41, 5.74) is 1.08. The molecule has 1 aromatic rings. The van der Waals surface area contributed by atoms with Crippen LogP contribution in [-0.4, -0.2) is 62.0 Å². The third kappa shape index (κ3) is 6.38. The Bertz CT molecular complexity index is 574. The van der Waals surface area contributed by atoms with E-state index in [0.717, 1.165) is 37.2 Å². The SMILES string of the molecule is COc1ccc(CN(C)C(=O)CN2CCCC(CNC(C)=O)C2)cc1. The van der Waals surface area contributed by atoms with E-state index in [1.54, 1.807) is 12.0 Å². The molecular formula is C19H29N3O3. The van der Waals surface area contributed by atoms with Gasteiger partial charge >= 0.3 is 0 Å². The molecule has 1 saturated heterocycles. The van der Waals surface area contributed by atoms with Crippen molar-refractivity contribution in [2.45, 2.75) is 26.3 Å². The lowest BCUT2D eigenvalue weighted by atomic mass is 9.98. The van der Waals surface area contributed by atoms with Gasteiger partial charge in [0.05, 0.1) is 13.7 Å². The van der Waals surface area contributed by atoms with Crippen LogP contribution in [0.4, 0.5) is 0 Å². The van der Waals surface area contributed by atoms with Gasteiger partial charge in [0.2, 0.25) is 11.8 Å². The Balaban J connectivity index is 1.80. The third-order valence-electron chi connectivity index (χ3n) is 4.61. The minimum Gasteiger partial charge on any atom is -0.497 e. The smallest absolute Gasteiger partial charge is 0.236 e. The van der Waals surface area contributed by atoms with Crippen LogP contribution in [0.15, 0.2) is 24.3 Å². The summed E-state index contributed by atoms with van der Waals surface area (Å²) in [5, 5.41) is 2.88. The quantitative estimate of drug-likeness (QED) is 0.812. The van der Waals surface area contributed by atoms with Crippen molar-refractivity contribution in [1.29, 1.82) is 0 Å². The third-order valence-corrected chi connectivity index (χ3v) is 4.61. The second-order valence-electron chi connectivity index (χ2n) is 6.78. The summed E-state index contributed by atoms with van der Waals surface area (Å²) >= 11 is 0. The fourth-order valence-electron chi connectivity index (χ4n) is 3.15. The zero-order valence-electron chi connectivity index (χ0n) is 15.5. The van der Waals surface area contributed by atoms with Crippen molar-refractivity contribution in [1.82, 2.24) is 15.1 Å². The van der Waals surface area contributed by atoms with Gasteiger partial charge in [-0.25, -0.2) is 0 Å². The molecule has 1 unspecified atom stereocenters. The van der Waals surface area contributed by atoms with E-state index in [1.807, 2.05) is 31.3 Å². The molecule has 2 rings (SSSR count). The second-order valence-corrected chi connectivity index (χ2v) is 6.78. The number of benzene rings is 1. The molecule has 1 aliphatic heterocycles. The maximum absolute atomic E-state index is 12.5. The van der Waals surface area contributed by atoms with E-state index in [-0.39, 0.29) is 11.8 Å². The molecule has 6 nitrogen and oxygen atoms in total. The molecule has 0 aliphatic carbocycles. The lowest BCUT2D eigenvalue weighted by molar-refractivity contribution is -0.132. The van der Waals surface area contributed by atoms with Crippen molar-refractivity contribution >= 4 is 11.8 Å². The highest BCUT2D eigenvalue weighted by Gasteiger charge is 2.22. The van der Waals surface area contributed by atoms with E-state index < -0.39 is 0 Å². The molecule has 2 amide bonds. The highest BCUT2D eigenvalue weighted by Crippen LogP contribution is 2.16. The molecular weight excluding hydrogens is 318 g/mol. The van der Waals surface area contributed by atoms with Gasteiger partial charge in [0, 0.05) is 33.6 Å². The van der Waals surface area contributed by atoms with Crippen LogP contribution in [0.2, 0.25) is 0 Å². The Hall–Kier alpha value is -2.08. The highest BCUT2D eigenvalue weighted by atomic mass is 16.5. The number of methoxy groups -OCH3 is 1. The molecule has 0 radical (unpaired) electrons. The number of carbonyl (C=O) groups is 2. The Morgan fingerprint density at radius 2 is 2.04 bits per heavy atom. The van der Waals surface area contributed by atoms with E-state index in [2.05, 4.69) is 10.2 Å². The van der Waals surface area contributed by atoms with Gasteiger partial charge in [0.15, 0.2) is 0 Å².